The van der Waals surface area contributed by atoms with Crippen LogP contribution in [0.3, 0.4) is 0 Å². The van der Waals surface area contributed by atoms with Gasteiger partial charge in [-0.05, 0) is 49.4 Å². The molecule has 2 heterocycles. The molecule has 0 aliphatic rings. The van der Waals surface area contributed by atoms with E-state index in [0.29, 0.717) is 33.1 Å². The lowest BCUT2D eigenvalue weighted by atomic mass is 10.1. The van der Waals surface area contributed by atoms with E-state index in [2.05, 4.69) is 0 Å². The minimum atomic E-state index is -0.729. The van der Waals surface area contributed by atoms with Crippen LogP contribution >= 0.6 is 23.4 Å². The summed E-state index contributed by atoms with van der Waals surface area (Å²) in [5, 5.41) is 11.9. The summed E-state index contributed by atoms with van der Waals surface area (Å²) in [4.78, 5) is 26.4. The number of hydrogen-bond donors (Lipinski definition) is 1. The highest BCUT2D eigenvalue weighted by Gasteiger charge is 2.22. The van der Waals surface area contributed by atoms with Gasteiger partial charge >= 0.3 is 5.63 Å². The van der Waals surface area contributed by atoms with Crippen molar-refractivity contribution in [1.82, 2.24) is 4.57 Å². The number of hydrogen-bond acceptors (Lipinski definition) is 6. The van der Waals surface area contributed by atoms with Gasteiger partial charge in [-0.2, -0.15) is 0 Å². The van der Waals surface area contributed by atoms with Crippen molar-refractivity contribution in [2.45, 2.75) is 23.3 Å². The number of nitrogens with zero attached hydrogens (tertiary/aromatic N) is 1. The fourth-order valence-electron chi connectivity index (χ4n) is 3.22. The van der Waals surface area contributed by atoms with E-state index in [0.717, 1.165) is 11.8 Å². The Bertz CT molecular complexity index is 1360. The Hall–Kier alpha value is -2.90. The van der Waals surface area contributed by atoms with Crippen molar-refractivity contribution >= 4 is 45.2 Å². The molecular weight excluding hydrogens is 414 g/mol. The summed E-state index contributed by atoms with van der Waals surface area (Å²) >= 11 is 6.91. The molecule has 6 nitrogen and oxygen atoms in total. The zero-order chi connectivity index (χ0) is 20.7. The molecule has 0 saturated carbocycles. The first kappa shape index (κ1) is 19.4. The fourth-order valence-corrected chi connectivity index (χ4v) is 4.18. The number of halogens is 1. The van der Waals surface area contributed by atoms with Crippen LogP contribution in [0.1, 0.15) is 6.92 Å². The highest BCUT2D eigenvalue weighted by atomic mass is 35.5. The Morgan fingerprint density at radius 3 is 2.55 bits per heavy atom. The number of pyridine rings is 1. The molecule has 0 unspecified atom stereocenters. The van der Waals surface area contributed by atoms with Gasteiger partial charge in [0.05, 0.1) is 12.6 Å². The number of aryl methyl sites for hydroxylation is 1. The molecule has 8 heteroatoms. The quantitative estimate of drug-likeness (QED) is 0.476. The van der Waals surface area contributed by atoms with Crippen LogP contribution in [-0.2, 0) is 6.54 Å². The van der Waals surface area contributed by atoms with E-state index in [9.17, 15) is 14.7 Å². The molecule has 0 amide bonds. The van der Waals surface area contributed by atoms with Gasteiger partial charge in [0.1, 0.15) is 16.0 Å². The number of methoxy groups -OCH3 is 1. The van der Waals surface area contributed by atoms with Crippen molar-refractivity contribution < 1.29 is 14.3 Å². The minimum Gasteiger partial charge on any atom is -0.505 e. The second-order valence-electron chi connectivity index (χ2n) is 6.26. The maximum Gasteiger partial charge on any atom is 0.354 e. The molecule has 0 saturated heterocycles. The lowest BCUT2D eigenvalue weighted by Gasteiger charge is -2.13. The van der Waals surface area contributed by atoms with Crippen LogP contribution < -0.4 is 15.9 Å². The van der Waals surface area contributed by atoms with Crippen molar-refractivity contribution in [3.8, 4) is 11.5 Å². The van der Waals surface area contributed by atoms with Gasteiger partial charge in [0.25, 0.3) is 5.56 Å². The van der Waals surface area contributed by atoms with Crippen molar-refractivity contribution in [3.05, 3.63) is 68.3 Å². The molecule has 0 radical (unpaired) electrons. The van der Waals surface area contributed by atoms with Crippen molar-refractivity contribution in [3.63, 3.8) is 0 Å². The molecule has 0 aliphatic carbocycles. The third-order valence-corrected chi connectivity index (χ3v) is 5.93. The number of ether oxygens (including phenoxy) is 1. The number of benzene rings is 2. The van der Waals surface area contributed by atoms with E-state index >= 15 is 0 Å². The minimum absolute atomic E-state index is 0.0383. The van der Waals surface area contributed by atoms with Crippen molar-refractivity contribution in [1.29, 1.82) is 0 Å². The lowest BCUT2D eigenvalue weighted by Crippen LogP contribution is -2.21. The van der Waals surface area contributed by atoms with E-state index in [4.69, 9.17) is 20.8 Å². The molecule has 0 spiro atoms. The standard InChI is InChI=1S/C21H16ClNO5S/c1-3-23-15-9-6-12(27-2)10-14(15)18-16(20(23)25)17(24)19(21(26)28-18)29-13-7-4-11(22)5-8-13/h4-10,24H,3H2,1-2H3. The van der Waals surface area contributed by atoms with Gasteiger partial charge in [0, 0.05) is 21.8 Å². The Morgan fingerprint density at radius 1 is 1.17 bits per heavy atom. The highest BCUT2D eigenvalue weighted by Crippen LogP contribution is 2.37. The van der Waals surface area contributed by atoms with Gasteiger partial charge in [0.15, 0.2) is 11.3 Å². The summed E-state index contributed by atoms with van der Waals surface area (Å²) in [6.45, 7) is 2.21. The van der Waals surface area contributed by atoms with Crippen LogP contribution in [0.25, 0.3) is 21.9 Å². The lowest BCUT2D eigenvalue weighted by molar-refractivity contribution is 0.415. The van der Waals surface area contributed by atoms with Crippen LogP contribution in [0, 0.1) is 0 Å². The molecule has 2 aromatic heterocycles. The van der Waals surface area contributed by atoms with E-state index in [-0.39, 0.29) is 15.9 Å². The molecule has 1 N–H and O–H groups in total. The number of aromatic hydroxyl groups is 1. The van der Waals surface area contributed by atoms with Crippen LogP contribution in [0.5, 0.6) is 11.5 Å². The maximum absolute atomic E-state index is 13.1. The number of aromatic nitrogens is 1. The van der Waals surface area contributed by atoms with Crippen LogP contribution in [0.15, 0.2) is 66.3 Å². The van der Waals surface area contributed by atoms with Crippen molar-refractivity contribution in [2.75, 3.05) is 7.11 Å². The summed E-state index contributed by atoms with van der Waals surface area (Å²) in [6, 6.07) is 11.9. The predicted octanol–water partition coefficient (Wildman–Crippen LogP) is 4.65. The smallest absolute Gasteiger partial charge is 0.354 e. The van der Waals surface area contributed by atoms with E-state index in [1.54, 1.807) is 42.5 Å². The number of rotatable bonds is 4. The van der Waals surface area contributed by atoms with E-state index in [1.165, 1.54) is 11.7 Å². The summed E-state index contributed by atoms with van der Waals surface area (Å²) < 4.78 is 12.3. The average Bonchev–Trinajstić information content (AvgIpc) is 2.72. The Kier molecular flexibility index (Phi) is 5.02. The maximum atomic E-state index is 13.1. The zero-order valence-electron chi connectivity index (χ0n) is 15.6. The van der Waals surface area contributed by atoms with Gasteiger partial charge in [-0.3, -0.25) is 4.79 Å². The first-order chi connectivity index (χ1) is 13.9. The van der Waals surface area contributed by atoms with Crippen LogP contribution in [0.2, 0.25) is 5.02 Å². The molecule has 2 aromatic carbocycles. The molecular formula is C21H16ClNO5S. The van der Waals surface area contributed by atoms with Gasteiger partial charge in [-0.1, -0.05) is 23.4 Å². The zero-order valence-corrected chi connectivity index (χ0v) is 17.1. The summed E-state index contributed by atoms with van der Waals surface area (Å²) in [7, 11) is 1.52. The van der Waals surface area contributed by atoms with E-state index in [1.807, 2.05) is 6.92 Å². The normalized spacial score (nSPS) is 11.3. The molecule has 0 aliphatic heterocycles. The summed E-state index contributed by atoms with van der Waals surface area (Å²) in [6.07, 6.45) is 0. The predicted molar refractivity (Wildman–Crippen MR) is 114 cm³/mol. The highest BCUT2D eigenvalue weighted by molar-refractivity contribution is 7.99. The SMILES string of the molecule is CCn1c(=O)c2c(O)c(Sc3ccc(Cl)cc3)c(=O)oc2c2cc(OC)ccc21. The first-order valence-corrected chi connectivity index (χ1v) is 9.97. The Balaban J connectivity index is 2.06. The molecule has 0 bridgehead atoms. The fraction of sp³-hybridized carbons (Fsp3) is 0.143. The molecule has 29 heavy (non-hydrogen) atoms. The molecule has 0 atom stereocenters. The first-order valence-electron chi connectivity index (χ1n) is 8.78. The van der Waals surface area contributed by atoms with Crippen LogP contribution in [0.4, 0.5) is 0 Å². The Labute approximate surface area is 174 Å². The monoisotopic (exact) mass is 429 g/mol. The third-order valence-electron chi connectivity index (χ3n) is 4.61. The largest absolute Gasteiger partial charge is 0.505 e. The van der Waals surface area contributed by atoms with Gasteiger partial charge in [0.2, 0.25) is 0 Å². The topological polar surface area (TPSA) is 81.7 Å². The summed E-state index contributed by atoms with van der Waals surface area (Å²) in [5.74, 6) is 0.148. The van der Waals surface area contributed by atoms with Crippen molar-refractivity contribution in [2.24, 2.45) is 0 Å². The van der Waals surface area contributed by atoms with E-state index < -0.39 is 16.9 Å². The average molecular weight is 430 g/mol. The third kappa shape index (κ3) is 3.26. The van der Waals surface area contributed by atoms with Crippen LogP contribution in [-0.4, -0.2) is 16.8 Å². The molecule has 0 fully saturated rings. The second kappa shape index (κ2) is 7.50. The molecule has 148 valence electrons. The number of fused-ring (bicyclic) bond motifs is 3. The summed E-state index contributed by atoms with van der Waals surface area (Å²) in [5.41, 5.74) is -0.532. The molecule has 4 rings (SSSR count). The van der Waals surface area contributed by atoms with Gasteiger partial charge in [-0.15, -0.1) is 0 Å². The molecule has 4 aromatic rings. The second-order valence-corrected chi connectivity index (χ2v) is 7.78. The van der Waals surface area contributed by atoms with Gasteiger partial charge in [-0.25, -0.2) is 4.79 Å². The van der Waals surface area contributed by atoms with Gasteiger partial charge < -0.3 is 18.8 Å². The Morgan fingerprint density at radius 2 is 1.90 bits per heavy atom.